The van der Waals surface area contributed by atoms with Gasteiger partial charge in [-0.2, -0.15) is 5.10 Å². The first-order valence-corrected chi connectivity index (χ1v) is 10.4. The van der Waals surface area contributed by atoms with Gasteiger partial charge in [-0.05, 0) is 39.7 Å². The first-order chi connectivity index (χ1) is 13.5. The third kappa shape index (κ3) is 4.22. The first kappa shape index (κ1) is 20.7. The summed E-state index contributed by atoms with van der Waals surface area (Å²) in [4.78, 5) is 21.7. The van der Waals surface area contributed by atoms with Crippen molar-refractivity contribution in [3.8, 4) is 11.6 Å². The summed E-state index contributed by atoms with van der Waals surface area (Å²) >= 11 is 0. The number of hydrogen-bond donors (Lipinski definition) is 2. The topological polar surface area (TPSA) is 159 Å². The van der Waals surface area contributed by atoms with E-state index in [1.165, 1.54) is 10.7 Å². The van der Waals surface area contributed by atoms with Gasteiger partial charge in [0.2, 0.25) is 15.9 Å². The van der Waals surface area contributed by atoms with Gasteiger partial charge in [-0.3, -0.25) is 14.9 Å². The number of benzene rings is 1. The molecule has 12 heteroatoms. The van der Waals surface area contributed by atoms with Crippen LogP contribution in [0.1, 0.15) is 48.8 Å². The number of nitrogens with one attached hydrogen (secondary N) is 1. The summed E-state index contributed by atoms with van der Waals surface area (Å²) in [5, 5.41) is 15.3. The first-order valence-electron chi connectivity index (χ1n) is 8.88. The van der Waals surface area contributed by atoms with E-state index in [9.17, 15) is 23.3 Å². The molecule has 0 radical (unpaired) electrons. The molecule has 1 aromatic heterocycles. The van der Waals surface area contributed by atoms with Crippen molar-refractivity contribution in [2.45, 2.75) is 50.6 Å². The number of carbonyl (C=O) groups is 1. The predicted octanol–water partition coefficient (Wildman–Crippen LogP) is 2.01. The Balaban J connectivity index is 2.12. The zero-order chi connectivity index (χ0) is 21.5. The third-order valence-corrected chi connectivity index (χ3v) is 5.89. The van der Waals surface area contributed by atoms with E-state index in [2.05, 4.69) is 9.82 Å². The number of nitrogens with zero attached hydrogens (tertiary/aromatic N) is 3. The molecule has 156 valence electrons. The van der Waals surface area contributed by atoms with Crippen LogP contribution in [0.5, 0.6) is 11.6 Å². The molecule has 11 nitrogen and oxygen atoms in total. The van der Waals surface area contributed by atoms with E-state index in [4.69, 9.17) is 10.5 Å². The van der Waals surface area contributed by atoms with Crippen LogP contribution >= 0.6 is 0 Å². The summed E-state index contributed by atoms with van der Waals surface area (Å²) in [7, 11) is -4.06. The Labute approximate surface area is 167 Å². The number of rotatable bonds is 8. The second-order valence-corrected chi connectivity index (χ2v) is 8.75. The van der Waals surface area contributed by atoms with Gasteiger partial charge in [0.15, 0.2) is 5.69 Å². The van der Waals surface area contributed by atoms with E-state index in [0.29, 0.717) is 18.4 Å². The highest BCUT2D eigenvalue weighted by Gasteiger charge is 2.32. The van der Waals surface area contributed by atoms with E-state index >= 15 is 0 Å². The maximum atomic E-state index is 12.8. The van der Waals surface area contributed by atoms with Crippen molar-refractivity contribution in [2.24, 2.45) is 5.73 Å². The molecule has 2 aromatic rings. The summed E-state index contributed by atoms with van der Waals surface area (Å²) in [6, 6.07) is 2.88. The number of ether oxygens (including phenoxy) is 1. The standard InChI is InChI=1S/C17H21N5O6S/c1-9(2)21-17(10(3)15(19-21)16(18)23)28-13-7-6-12(22(24)25)8-14(13)29(26,27)20-11-4-5-11/h6-9,11,20H,4-5H2,1-3H3,(H2,18,23). The summed E-state index contributed by atoms with van der Waals surface area (Å²) in [6.45, 7) is 5.17. The van der Waals surface area contributed by atoms with Crippen LogP contribution in [0.15, 0.2) is 23.1 Å². The molecule has 0 atom stereocenters. The summed E-state index contributed by atoms with van der Waals surface area (Å²) in [5.41, 5.74) is 5.30. The molecule has 0 aliphatic heterocycles. The van der Waals surface area contributed by atoms with Crippen molar-refractivity contribution in [2.75, 3.05) is 0 Å². The Bertz CT molecular complexity index is 1090. The minimum Gasteiger partial charge on any atom is -0.438 e. The Hall–Kier alpha value is -2.99. The van der Waals surface area contributed by atoms with Crippen molar-refractivity contribution in [1.29, 1.82) is 0 Å². The maximum absolute atomic E-state index is 12.8. The molecule has 1 aromatic carbocycles. The number of nitro benzene ring substituents is 1. The molecule has 3 N–H and O–H groups in total. The zero-order valence-electron chi connectivity index (χ0n) is 16.1. The van der Waals surface area contributed by atoms with E-state index in [1.807, 2.05) is 0 Å². The molecular weight excluding hydrogens is 402 g/mol. The minimum atomic E-state index is -4.06. The summed E-state index contributed by atoms with van der Waals surface area (Å²) < 4.78 is 35.3. The minimum absolute atomic E-state index is 0.00359. The fraction of sp³-hybridized carbons (Fsp3) is 0.412. The molecule has 0 unspecified atom stereocenters. The van der Waals surface area contributed by atoms with E-state index in [0.717, 1.165) is 12.1 Å². The molecule has 0 bridgehead atoms. The number of amides is 1. The number of hydrogen-bond acceptors (Lipinski definition) is 7. The van der Waals surface area contributed by atoms with Crippen LogP contribution in [-0.4, -0.2) is 35.1 Å². The van der Waals surface area contributed by atoms with Crippen molar-refractivity contribution < 1.29 is 22.9 Å². The number of nitrogens with two attached hydrogens (primary N) is 1. The van der Waals surface area contributed by atoms with Crippen LogP contribution in [0.4, 0.5) is 5.69 Å². The Morgan fingerprint density at radius 3 is 2.59 bits per heavy atom. The number of nitro groups is 1. The van der Waals surface area contributed by atoms with Crippen molar-refractivity contribution >= 4 is 21.6 Å². The molecule has 1 heterocycles. The highest BCUT2D eigenvalue weighted by Crippen LogP contribution is 2.36. The lowest BCUT2D eigenvalue weighted by atomic mass is 10.2. The van der Waals surface area contributed by atoms with Gasteiger partial charge in [-0.25, -0.2) is 17.8 Å². The van der Waals surface area contributed by atoms with Crippen LogP contribution in [-0.2, 0) is 10.0 Å². The van der Waals surface area contributed by atoms with Gasteiger partial charge in [0.1, 0.15) is 10.6 Å². The smallest absolute Gasteiger partial charge is 0.271 e. The average molecular weight is 423 g/mol. The van der Waals surface area contributed by atoms with Crippen LogP contribution in [0.2, 0.25) is 0 Å². The molecule has 1 aliphatic rings. The van der Waals surface area contributed by atoms with Gasteiger partial charge >= 0.3 is 0 Å². The number of aromatic nitrogens is 2. The molecule has 1 amide bonds. The molecule has 1 aliphatic carbocycles. The van der Waals surface area contributed by atoms with Crippen LogP contribution < -0.4 is 15.2 Å². The normalized spacial score (nSPS) is 14.2. The zero-order valence-corrected chi connectivity index (χ0v) is 16.9. The second-order valence-electron chi connectivity index (χ2n) is 7.07. The lowest BCUT2D eigenvalue weighted by Gasteiger charge is -2.15. The summed E-state index contributed by atoms with van der Waals surface area (Å²) in [6.07, 6.45) is 1.40. The SMILES string of the molecule is Cc1c(C(N)=O)nn(C(C)C)c1Oc1ccc([N+](=O)[O-])cc1S(=O)(=O)NC1CC1. The quantitative estimate of drug-likeness (QED) is 0.485. The van der Waals surface area contributed by atoms with Crippen LogP contribution in [0.25, 0.3) is 0 Å². The van der Waals surface area contributed by atoms with E-state index in [1.54, 1.807) is 20.8 Å². The largest absolute Gasteiger partial charge is 0.438 e. The average Bonchev–Trinajstić information content (AvgIpc) is 3.36. The number of primary amides is 1. The van der Waals surface area contributed by atoms with Gasteiger partial charge < -0.3 is 10.5 Å². The highest BCUT2D eigenvalue weighted by molar-refractivity contribution is 7.89. The molecule has 3 rings (SSSR count). The monoisotopic (exact) mass is 423 g/mol. The molecule has 1 saturated carbocycles. The van der Waals surface area contributed by atoms with E-state index < -0.39 is 20.9 Å². The van der Waals surface area contributed by atoms with Gasteiger partial charge in [0.25, 0.3) is 11.6 Å². The number of carbonyl (C=O) groups excluding carboxylic acids is 1. The maximum Gasteiger partial charge on any atom is 0.271 e. The number of sulfonamides is 1. The Morgan fingerprint density at radius 1 is 1.41 bits per heavy atom. The second kappa shape index (κ2) is 7.44. The van der Waals surface area contributed by atoms with Gasteiger partial charge in [-0.1, -0.05) is 0 Å². The van der Waals surface area contributed by atoms with Crippen LogP contribution in [0.3, 0.4) is 0 Å². The third-order valence-electron chi connectivity index (χ3n) is 4.35. The van der Waals surface area contributed by atoms with Crippen molar-refractivity contribution in [3.63, 3.8) is 0 Å². The number of non-ortho nitro benzene ring substituents is 1. The molecule has 0 saturated heterocycles. The van der Waals surface area contributed by atoms with Crippen molar-refractivity contribution in [3.05, 3.63) is 39.6 Å². The lowest BCUT2D eigenvalue weighted by Crippen LogP contribution is -2.26. The lowest BCUT2D eigenvalue weighted by molar-refractivity contribution is -0.385. The molecule has 1 fully saturated rings. The van der Waals surface area contributed by atoms with Crippen LogP contribution in [0, 0.1) is 17.0 Å². The molecule has 0 spiro atoms. The fourth-order valence-corrected chi connectivity index (χ4v) is 4.15. The van der Waals surface area contributed by atoms with Gasteiger partial charge in [-0.15, -0.1) is 0 Å². The van der Waals surface area contributed by atoms with Gasteiger partial charge in [0.05, 0.1) is 11.0 Å². The predicted molar refractivity (Wildman–Crippen MR) is 102 cm³/mol. The molecular formula is C17H21N5O6S. The molecule has 29 heavy (non-hydrogen) atoms. The van der Waals surface area contributed by atoms with Gasteiger partial charge in [0, 0.05) is 23.7 Å². The Kier molecular flexibility index (Phi) is 5.32. The fourth-order valence-electron chi connectivity index (χ4n) is 2.70. The summed E-state index contributed by atoms with van der Waals surface area (Å²) in [5.74, 6) is -0.742. The Morgan fingerprint density at radius 2 is 2.07 bits per heavy atom. The van der Waals surface area contributed by atoms with Crippen molar-refractivity contribution in [1.82, 2.24) is 14.5 Å². The van der Waals surface area contributed by atoms with E-state index in [-0.39, 0.29) is 40.0 Å². The highest BCUT2D eigenvalue weighted by atomic mass is 32.2.